The molecule has 0 rings (SSSR count). The third-order valence-electron chi connectivity index (χ3n) is 0. The van der Waals surface area contributed by atoms with E-state index < -0.39 is 31.2 Å². The summed E-state index contributed by atoms with van der Waals surface area (Å²) in [7, 11) is -15.5. The van der Waals surface area contributed by atoms with Crippen molar-refractivity contribution in [2.45, 2.75) is 6.92 Å². The van der Waals surface area contributed by atoms with Crippen molar-refractivity contribution in [3.05, 3.63) is 0 Å². The van der Waals surface area contributed by atoms with Crippen LogP contribution >= 0.6 is 0 Å². The average Bonchev–Trinajstić information content (AvgIpc) is 1.71. The van der Waals surface area contributed by atoms with Crippen LogP contribution < -0.4 is 0 Å². The summed E-state index contributed by atoms with van der Waals surface area (Å²) < 4.78 is 102. The summed E-state index contributed by atoms with van der Waals surface area (Å²) in [6.45, 7) is 1.93. The summed E-state index contributed by atoms with van der Waals surface area (Å²) in [5.74, 6) is 0. The van der Waals surface area contributed by atoms with Crippen LogP contribution in [0.1, 0.15) is 6.92 Å². The first-order valence-electron chi connectivity index (χ1n) is 3.02. The molecule has 0 aromatic heterocycles. The number of aliphatic hydroxyl groups is 1. The molecule has 0 atom stereocenters. The molecule has 0 aromatic rings. The van der Waals surface area contributed by atoms with Crippen LogP contribution in [0.15, 0.2) is 0 Å². The SMILES string of the molecule is CCO.O=S(=O)([O-])[O-].O=S(=O)([O-])[O-].O=S(=O)([O-])[O-].[Al+3].[Al+3]. The summed E-state index contributed by atoms with van der Waals surface area (Å²) in [5, 5.41) is 7.57. The Balaban J connectivity index is -0.0000000321. The van der Waals surface area contributed by atoms with Crippen LogP contribution in [0.5, 0.6) is 0 Å². The van der Waals surface area contributed by atoms with E-state index in [1.54, 1.807) is 6.92 Å². The van der Waals surface area contributed by atoms with E-state index in [-0.39, 0.29) is 41.3 Å². The quantitative estimate of drug-likeness (QED) is 0.232. The molecule has 0 aliphatic rings. The Morgan fingerprint density at radius 2 is 0.650 bits per heavy atom. The second-order valence-electron chi connectivity index (χ2n) is 1.54. The topological polar surface area (TPSA) is 261 Å². The van der Waals surface area contributed by atoms with E-state index >= 15 is 0 Å². The number of aliphatic hydroxyl groups excluding tert-OH is 1. The van der Waals surface area contributed by atoms with Gasteiger partial charge in [0.25, 0.3) is 0 Å². The summed E-state index contributed by atoms with van der Waals surface area (Å²) in [6.07, 6.45) is 0. The number of hydrogen-bond donors (Lipinski definition) is 1. The Morgan fingerprint density at radius 1 is 0.650 bits per heavy atom. The first-order chi connectivity index (χ1) is 7.41. The third kappa shape index (κ3) is 14400. The van der Waals surface area contributed by atoms with Gasteiger partial charge in [-0.3, -0.25) is 25.3 Å². The Bertz CT molecular complexity index is 364. The minimum atomic E-state index is -5.17. The van der Waals surface area contributed by atoms with E-state index in [9.17, 15) is 0 Å². The maximum Gasteiger partial charge on any atom is 3.00 e. The van der Waals surface area contributed by atoms with Crippen LogP contribution in [-0.4, -0.2) is 99.0 Å². The average molecular weight is 388 g/mol. The van der Waals surface area contributed by atoms with Crippen molar-refractivity contribution in [3.8, 4) is 0 Å². The molecule has 13 nitrogen and oxygen atoms in total. The molecule has 0 fully saturated rings. The second-order valence-corrected chi connectivity index (χ2v) is 3.99. The van der Waals surface area contributed by atoms with Crippen LogP contribution in [0.4, 0.5) is 0 Å². The molecular weight excluding hydrogens is 382 g/mol. The van der Waals surface area contributed by atoms with Crippen molar-refractivity contribution in [1.82, 2.24) is 0 Å². The predicted molar refractivity (Wildman–Crippen MR) is 55.7 cm³/mol. The number of hydrogen-bond acceptors (Lipinski definition) is 13. The van der Waals surface area contributed by atoms with Crippen LogP contribution in [0.3, 0.4) is 0 Å². The molecule has 20 heavy (non-hydrogen) atoms. The zero-order valence-electron chi connectivity index (χ0n) is 9.43. The van der Waals surface area contributed by atoms with Gasteiger partial charge in [-0.15, -0.1) is 0 Å². The van der Waals surface area contributed by atoms with Gasteiger partial charge in [0.15, 0.2) is 0 Å². The zero-order valence-corrected chi connectivity index (χ0v) is 14.2. The Hall–Kier alpha value is 0.635. The summed E-state index contributed by atoms with van der Waals surface area (Å²) >= 11 is 0. The van der Waals surface area contributed by atoms with E-state index in [0.717, 1.165) is 0 Å². The van der Waals surface area contributed by atoms with Gasteiger partial charge >= 0.3 is 34.7 Å². The maximum absolute atomic E-state index is 8.52. The van der Waals surface area contributed by atoms with E-state index in [1.807, 2.05) is 0 Å². The van der Waals surface area contributed by atoms with Gasteiger partial charge in [0, 0.05) is 37.8 Å². The number of rotatable bonds is 0. The second kappa shape index (κ2) is 17.7. The van der Waals surface area contributed by atoms with E-state index in [4.69, 9.17) is 57.7 Å². The van der Waals surface area contributed by atoms with Crippen LogP contribution in [0.2, 0.25) is 0 Å². The molecule has 0 amide bonds. The molecule has 0 spiro atoms. The van der Waals surface area contributed by atoms with Crippen molar-refractivity contribution in [1.29, 1.82) is 0 Å². The Morgan fingerprint density at radius 3 is 0.650 bits per heavy atom. The van der Waals surface area contributed by atoms with Gasteiger partial charge in [0.05, 0.1) is 0 Å². The molecule has 0 aromatic carbocycles. The maximum atomic E-state index is 8.52. The smallest absolute Gasteiger partial charge is 0.759 e. The van der Waals surface area contributed by atoms with Crippen LogP contribution in [-0.2, 0) is 31.2 Å². The molecule has 0 aliphatic heterocycles. The van der Waals surface area contributed by atoms with Crippen molar-refractivity contribution in [2.24, 2.45) is 0 Å². The molecule has 18 heteroatoms. The monoisotopic (exact) mass is 388 g/mol. The standard InChI is InChI=1S/C2H6O.2Al.3H2O4S/c1-2-3;;;3*1-5(2,3)4/h3H,2H2,1H3;;;3*(H2,1,2,3,4)/q;2*+3;;;/p-6. The van der Waals surface area contributed by atoms with Crippen molar-refractivity contribution in [2.75, 3.05) is 6.61 Å². The molecular formula is C2H6Al2O13S3. The third-order valence-corrected chi connectivity index (χ3v) is 0. The molecule has 0 radical (unpaired) electrons. The molecule has 0 heterocycles. The van der Waals surface area contributed by atoms with Gasteiger partial charge < -0.3 is 32.4 Å². The van der Waals surface area contributed by atoms with Crippen LogP contribution in [0, 0.1) is 0 Å². The van der Waals surface area contributed by atoms with Gasteiger partial charge in [-0.2, -0.15) is 0 Å². The Labute approximate surface area is 137 Å². The van der Waals surface area contributed by atoms with E-state index in [1.165, 1.54) is 0 Å². The molecule has 0 saturated heterocycles. The molecule has 116 valence electrons. The molecule has 1 N–H and O–H groups in total. The van der Waals surface area contributed by atoms with Gasteiger partial charge in [-0.05, 0) is 6.92 Å². The van der Waals surface area contributed by atoms with Crippen LogP contribution in [0.25, 0.3) is 0 Å². The molecule has 0 bridgehead atoms. The first kappa shape index (κ1) is 37.1. The normalized spacial score (nSPS) is 9.60. The van der Waals surface area contributed by atoms with Crippen molar-refractivity contribution >= 4 is 65.9 Å². The molecule has 0 aliphatic carbocycles. The van der Waals surface area contributed by atoms with E-state index in [2.05, 4.69) is 0 Å². The summed E-state index contributed by atoms with van der Waals surface area (Å²) in [4.78, 5) is 0. The summed E-state index contributed by atoms with van der Waals surface area (Å²) in [5.41, 5.74) is 0. The van der Waals surface area contributed by atoms with Gasteiger partial charge in [0.1, 0.15) is 0 Å². The van der Waals surface area contributed by atoms with Gasteiger partial charge in [-0.1, -0.05) is 0 Å². The fourth-order valence-electron chi connectivity index (χ4n) is 0. The zero-order chi connectivity index (χ0) is 16.2. The Kier molecular flexibility index (Phi) is 32.8. The fourth-order valence-corrected chi connectivity index (χ4v) is 0. The minimum Gasteiger partial charge on any atom is -0.759 e. The minimum absolute atomic E-state index is 0. The molecule has 0 saturated carbocycles. The van der Waals surface area contributed by atoms with Crippen molar-refractivity contribution in [3.63, 3.8) is 0 Å². The predicted octanol–water partition coefficient (Wildman–Crippen LogP) is -4.78. The summed E-state index contributed by atoms with van der Waals surface area (Å²) in [6, 6.07) is 0. The van der Waals surface area contributed by atoms with Crippen molar-refractivity contribution < 1.29 is 57.7 Å². The van der Waals surface area contributed by atoms with Gasteiger partial charge in [-0.25, -0.2) is 0 Å². The first-order valence-corrected chi connectivity index (χ1v) is 7.02. The largest absolute Gasteiger partial charge is 3.00 e. The van der Waals surface area contributed by atoms with Gasteiger partial charge in [0.2, 0.25) is 0 Å². The van der Waals surface area contributed by atoms with E-state index in [0.29, 0.717) is 0 Å². The fraction of sp³-hybridized carbons (Fsp3) is 1.00. The molecule has 0 unspecified atom stereocenters.